The highest BCUT2D eigenvalue weighted by atomic mass is 79.9. The van der Waals surface area contributed by atoms with Crippen LogP contribution in [0.15, 0.2) is 40.9 Å². The second-order valence-electron chi connectivity index (χ2n) is 4.24. The Balaban J connectivity index is 2.50. The highest BCUT2D eigenvalue weighted by molar-refractivity contribution is 9.10. The molecule has 0 heterocycles. The molecule has 0 aliphatic carbocycles. The first kappa shape index (κ1) is 14.2. The first-order valence-corrected chi connectivity index (χ1v) is 6.74. The zero-order valence-electron chi connectivity index (χ0n) is 10.3. The third kappa shape index (κ3) is 2.85. The molecule has 0 bridgehead atoms. The Labute approximate surface area is 119 Å². The molecule has 0 radical (unpaired) electrons. The van der Waals surface area contributed by atoms with Crippen LogP contribution in [-0.2, 0) is 6.42 Å². The van der Waals surface area contributed by atoms with Crippen molar-refractivity contribution in [2.75, 3.05) is 0 Å². The van der Waals surface area contributed by atoms with Gasteiger partial charge in [0.1, 0.15) is 17.7 Å². The lowest BCUT2D eigenvalue weighted by molar-refractivity contribution is 0.213. The van der Waals surface area contributed by atoms with Gasteiger partial charge in [0.2, 0.25) is 0 Å². The van der Waals surface area contributed by atoms with Gasteiger partial charge in [0.05, 0.1) is 4.47 Å². The van der Waals surface area contributed by atoms with Crippen LogP contribution >= 0.6 is 15.9 Å². The van der Waals surface area contributed by atoms with Gasteiger partial charge in [-0.05, 0) is 45.6 Å². The Morgan fingerprint density at radius 3 is 2.47 bits per heavy atom. The Morgan fingerprint density at radius 1 is 1.11 bits per heavy atom. The number of aliphatic hydroxyl groups is 1. The predicted octanol–water partition coefficient (Wildman–Crippen LogP) is 4.37. The van der Waals surface area contributed by atoms with Crippen molar-refractivity contribution in [2.24, 2.45) is 0 Å². The molecule has 4 heteroatoms. The minimum Gasteiger partial charge on any atom is -0.384 e. The van der Waals surface area contributed by atoms with Gasteiger partial charge in [-0.3, -0.25) is 0 Å². The van der Waals surface area contributed by atoms with Crippen molar-refractivity contribution < 1.29 is 13.9 Å². The number of hydrogen-bond acceptors (Lipinski definition) is 1. The lowest BCUT2D eigenvalue weighted by atomic mass is 9.95. The van der Waals surface area contributed by atoms with Gasteiger partial charge in [0.15, 0.2) is 0 Å². The number of benzene rings is 2. The first-order valence-electron chi connectivity index (χ1n) is 5.95. The molecule has 0 aliphatic heterocycles. The zero-order valence-corrected chi connectivity index (χ0v) is 11.9. The third-order valence-corrected chi connectivity index (χ3v) is 3.67. The van der Waals surface area contributed by atoms with Gasteiger partial charge >= 0.3 is 0 Å². The molecule has 2 rings (SSSR count). The van der Waals surface area contributed by atoms with E-state index in [-0.39, 0.29) is 10.0 Å². The molecule has 2 aromatic carbocycles. The summed E-state index contributed by atoms with van der Waals surface area (Å²) in [7, 11) is 0. The largest absolute Gasteiger partial charge is 0.384 e. The lowest BCUT2D eigenvalue weighted by Crippen LogP contribution is -2.06. The van der Waals surface area contributed by atoms with E-state index < -0.39 is 17.7 Å². The third-order valence-electron chi connectivity index (χ3n) is 3.06. The van der Waals surface area contributed by atoms with Gasteiger partial charge in [-0.1, -0.05) is 31.2 Å². The molecule has 1 atom stereocenters. The van der Waals surface area contributed by atoms with Crippen LogP contribution in [0.5, 0.6) is 0 Å². The topological polar surface area (TPSA) is 20.2 Å². The number of hydrogen-bond donors (Lipinski definition) is 1. The first-order chi connectivity index (χ1) is 9.04. The maximum absolute atomic E-state index is 13.8. The molecule has 19 heavy (non-hydrogen) atoms. The zero-order chi connectivity index (χ0) is 14.0. The maximum Gasteiger partial charge on any atom is 0.137 e. The summed E-state index contributed by atoms with van der Waals surface area (Å²) in [5.74, 6) is -1.23. The number of aliphatic hydroxyl groups excluding tert-OH is 1. The van der Waals surface area contributed by atoms with Crippen LogP contribution in [0, 0.1) is 11.6 Å². The van der Waals surface area contributed by atoms with Gasteiger partial charge in [-0.2, -0.15) is 0 Å². The lowest BCUT2D eigenvalue weighted by Gasteiger charge is -2.16. The van der Waals surface area contributed by atoms with Crippen LogP contribution in [0.3, 0.4) is 0 Å². The van der Waals surface area contributed by atoms with E-state index in [4.69, 9.17) is 0 Å². The van der Waals surface area contributed by atoms with E-state index in [1.54, 1.807) is 12.1 Å². The molecule has 100 valence electrons. The SMILES string of the molecule is CCc1ccccc1C(O)c1cc(F)c(Br)cc1F. The minimum atomic E-state index is -1.17. The van der Waals surface area contributed by atoms with Crippen molar-refractivity contribution in [3.63, 3.8) is 0 Å². The summed E-state index contributed by atoms with van der Waals surface area (Å²) in [5, 5.41) is 10.3. The van der Waals surface area contributed by atoms with Crippen LogP contribution in [0.4, 0.5) is 8.78 Å². The average molecular weight is 327 g/mol. The van der Waals surface area contributed by atoms with Crippen LogP contribution in [0.1, 0.15) is 29.7 Å². The van der Waals surface area contributed by atoms with E-state index in [9.17, 15) is 13.9 Å². The van der Waals surface area contributed by atoms with Gasteiger partial charge in [-0.25, -0.2) is 8.78 Å². The van der Waals surface area contributed by atoms with E-state index in [2.05, 4.69) is 15.9 Å². The van der Waals surface area contributed by atoms with Crippen LogP contribution in [0.2, 0.25) is 0 Å². The van der Waals surface area contributed by atoms with Crippen molar-refractivity contribution in [3.8, 4) is 0 Å². The quantitative estimate of drug-likeness (QED) is 0.830. The Morgan fingerprint density at radius 2 is 1.79 bits per heavy atom. The normalized spacial score (nSPS) is 12.5. The van der Waals surface area contributed by atoms with Crippen molar-refractivity contribution >= 4 is 15.9 Å². The molecule has 0 spiro atoms. The summed E-state index contributed by atoms with van der Waals surface area (Å²) < 4.78 is 27.4. The maximum atomic E-state index is 13.8. The monoisotopic (exact) mass is 326 g/mol. The Hall–Kier alpha value is -1.26. The van der Waals surface area contributed by atoms with E-state index in [1.165, 1.54) is 0 Å². The van der Waals surface area contributed by atoms with Crippen LogP contribution in [-0.4, -0.2) is 5.11 Å². The van der Waals surface area contributed by atoms with Crippen molar-refractivity contribution in [1.82, 2.24) is 0 Å². The van der Waals surface area contributed by atoms with Gasteiger partial charge in [0.25, 0.3) is 0 Å². The van der Waals surface area contributed by atoms with Gasteiger partial charge in [0, 0.05) is 5.56 Å². The molecule has 1 nitrogen and oxygen atoms in total. The minimum absolute atomic E-state index is 0.0460. The van der Waals surface area contributed by atoms with Crippen molar-refractivity contribution in [3.05, 3.63) is 69.2 Å². The van der Waals surface area contributed by atoms with E-state index in [1.807, 2.05) is 19.1 Å². The summed E-state index contributed by atoms with van der Waals surface area (Å²) in [5.41, 5.74) is 1.46. The molecule has 0 saturated carbocycles. The summed E-state index contributed by atoms with van der Waals surface area (Å²) >= 11 is 2.92. The number of rotatable bonds is 3. The molecule has 2 aromatic rings. The summed E-state index contributed by atoms with van der Waals surface area (Å²) in [6.07, 6.45) is -0.452. The fraction of sp³-hybridized carbons (Fsp3) is 0.200. The fourth-order valence-corrected chi connectivity index (χ4v) is 2.35. The number of halogens is 3. The molecule has 0 amide bonds. The smallest absolute Gasteiger partial charge is 0.137 e. The van der Waals surface area contributed by atoms with Gasteiger partial charge < -0.3 is 5.11 Å². The van der Waals surface area contributed by atoms with Gasteiger partial charge in [-0.15, -0.1) is 0 Å². The molecule has 0 aromatic heterocycles. The second-order valence-corrected chi connectivity index (χ2v) is 5.10. The van der Waals surface area contributed by atoms with Crippen molar-refractivity contribution in [2.45, 2.75) is 19.4 Å². The van der Waals surface area contributed by atoms with E-state index in [0.717, 1.165) is 17.7 Å². The van der Waals surface area contributed by atoms with Crippen LogP contribution in [0.25, 0.3) is 0 Å². The van der Waals surface area contributed by atoms with E-state index in [0.29, 0.717) is 12.0 Å². The summed E-state index contributed by atoms with van der Waals surface area (Å²) in [6, 6.07) is 9.27. The average Bonchev–Trinajstić information content (AvgIpc) is 2.42. The highest BCUT2D eigenvalue weighted by Crippen LogP contribution is 2.30. The summed E-state index contributed by atoms with van der Waals surface area (Å²) in [6.45, 7) is 1.95. The fourth-order valence-electron chi connectivity index (χ4n) is 2.04. The molecule has 0 fully saturated rings. The Kier molecular flexibility index (Phi) is 4.32. The molecule has 0 saturated heterocycles. The Bertz CT molecular complexity index is 599. The number of aryl methyl sites for hydroxylation is 1. The van der Waals surface area contributed by atoms with E-state index >= 15 is 0 Å². The molecular formula is C15H13BrF2O. The molecule has 0 aliphatic rings. The standard InChI is InChI=1S/C15H13BrF2O/c1-2-9-5-3-4-6-10(9)15(19)11-7-14(18)12(16)8-13(11)17/h3-8,15,19H,2H2,1H3. The molecule has 1 unspecified atom stereocenters. The van der Waals surface area contributed by atoms with Crippen LogP contribution < -0.4 is 0 Å². The summed E-state index contributed by atoms with van der Waals surface area (Å²) in [4.78, 5) is 0. The second kappa shape index (κ2) is 5.80. The highest BCUT2D eigenvalue weighted by Gasteiger charge is 2.19. The molecule has 1 N–H and O–H groups in total. The predicted molar refractivity (Wildman–Crippen MR) is 73.9 cm³/mol. The van der Waals surface area contributed by atoms with Crippen molar-refractivity contribution in [1.29, 1.82) is 0 Å². The molecular weight excluding hydrogens is 314 g/mol.